The topological polar surface area (TPSA) is 12.0 Å². The molecule has 1 nitrogen and oxygen atoms in total. The molecule has 2 heteroatoms. The van der Waals surface area contributed by atoms with Crippen LogP contribution in [0.1, 0.15) is 65.7 Å². The largest absolute Gasteiger partial charge is 0.313 e. The third-order valence-corrected chi connectivity index (χ3v) is 5.46. The SMILES string of the molecule is CCCC(C)C(CSC1CCCCC1)NCC. The molecule has 0 aromatic carbocycles. The maximum atomic E-state index is 3.69. The van der Waals surface area contributed by atoms with Crippen molar-refractivity contribution in [2.75, 3.05) is 12.3 Å². The Bertz CT molecular complexity index is 178. The quantitative estimate of drug-likeness (QED) is 0.688. The van der Waals surface area contributed by atoms with Crippen molar-refractivity contribution in [2.45, 2.75) is 77.0 Å². The summed E-state index contributed by atoms with van der Waals surface area (Å²) in [6.45, 7) is 8.06. The first-order valence-corrected chi connectivity index (χ1v) is 8.67. The van der Waals surface area contributed by atoms with Crippen molar-refractivity contribution in [1.82, 2.24) is 5.32 Å². The molecular weight excluding hydrogens is 226 g/mol. The molecule has 0 aliphatic heterocycles. The summed E-state index contributed by atoms with van der Waals surface area (Å²) in [6, 6.07) is 0.729. The van der Waals surface area contributed by atoms with Crippen molar-refractivity contribution >= 4 is 11.8 Å². The molecule has 2 unspecified atom stereocenters. The molecule has 0 heterocycles. The van der Waals surface area contributed by atoms with Gasteiger partial charge in [-0.2, -0.15) is 11.8 Å². The summed E-state index contributed by atoms with van der Waals surface area (Å²) in [4.78, 5) is 0. The average Bonchev–Trinajstić information content (AvgIpc) is 2.36. The van der Waals surface area contributed by atoms with Crippen molar-refractivity contribution in [1.29, 1.82) is 0 Å². The summed E-state index contributed by atoms with van der Waals surface area (Å²) in [5, 5.41) is 4.64. The van der Waals surface area contributed by atoms with Gasteiger partial charge in [-0.3, -0.25) is 0 Å². The van der Waals surface area contributed by atoms with E-state index in [1.165, 1.54) is 50.7 Å². The highest BCUT2D eigenvalue weighted by atomic mass is 32.2. The first-order chi connectivity index (χ1) is 8.27. The van der Waals surface area contributed by atoms with Crippen molar-refractivity contribution in [3.63, 3.8) is 0 Å². The van der Waals surface area contributed by atoms with Gasteiger partial charge in [-0.15, -0.1) is 0 Å². The Hall–Kier alpha value is 0.310. The van der Waals surface area contributed by atoms with Gasteiger partial charge in [0.25, 0.3) is 0 Å². The zero-order valence-corrected chi connectivity index (χ0v) is 12.8. The molecule has 0 saturated heterocycles. The molecule has 1 saturated carbocycles. The van der Waals surface area contributed by atoms with Gasteiger partial charge < -0.3 is 5.32 Å². The Balaban J connectivity index is 2.26. The van der Waals surface area contributed by atoms with Crippen molar-refractivity contribution < 1.29 is 0 Å². The first kappa shape index (κ1) is 15.4. The van der Waals surface area contributed by atoms with Gasteiger partial charge in [0, 0.05) is 17.0 Å². The van der Waals surface area contributed by atoms with Crippen molar-refractivity contribution in [3.8, 4) is 0 Å². The number of hydrogen-bond acceptors (Lipinski definition) is 2. The molecule has 102 valence electrons. The Morgan fingerprint density at radius 3 is 2.47 bits per heavy atom. The predicted octanol–water partition coefficient (Wildman–Crippen LogP) is 4.47. The van der Waals surface area contributed by atoms with Gasteiger partial charge >= 0.3 is 0 Å². The van der Waals surface area contributed by atoms with Gasteiger partial charge in [0.2, 0.25) is 0 Å². The normalized spacial score (nSPS) is 21.4. The van der Waals surface area contributed by atoms with Gasteiger partial charge in [0.1, 0.15) is 0 Å². The Labute approximate surface area is 113 Å². The third-order valence-electron chi connectivity index (χ3n) is 3.96. The van der Waals surface area contributed by atoms with Crippen LogP contribution in [0.2, 0.25) is 0 Å². The zero-order chi connectivity index (χ0) is 12.5. The fourth-order valence-corrected chi connectivity index (χ4v) is 4.41. The molecular formula is C15H31NS. The fraction of sp³-hybridized carbons (Fsp3) is 1.00. The van der Waals surface area contributed by atoms with Gasteiger partial charge in [0.15, 0.2) is 0 Å². The number of hydrogen-bond donors (Lipinski definition) is 1. The van der Waals surface area contributed by atoms with Gasteiger partial charge in [-0.25, -0.2) is 0 Å². The van der Waals surface area contributed by atoms with E-state index in [0.717, 1.165) is 23.8 Å². The number of thioether (sulfide) groups is 1. The molecule has 1 rings (SSSR count). The van der Waals surface area contributed by atoms with Gasteiger partial charge in [0.05, 0.1) is 0 Å². The Morgan fingerprint density at radius 1 is 1.18 bits per heavy atom. The van der Waals surface area contributed by atoms with E-state index >= 15 is 0 Å². The molecule has 2 atom stereocenters. The highest BCUT2D eigenvalue weighted by molar-refractivity contribution is 7.99. The molecule has 0 bridgehead atoms. The molecule has 1 aliphatic carbocycles. The minimum Gasteiger partial charge on any atom is -0.313 e. The first-order valence-electron chi connectivity index (χ1n) is 7.62. The van der Waals surface area contributed by atoms with Gasteiger partial charge in [-0.05, 0) is 31.7 Å². The van der Waals surface area contributed by atoms with E-state index in [1.54, 1.807) is 0 Å². The standard InChI is InChI=1S/C15H31NS/c1-4-9-13(3)15(16-5-2)12-17-14-10-7-6-8-11-14/h13-16H,4-12H2,1-3H3. The van der Waals surface area contributed by atoms with E-state index in [0.29, 0.717) is 0 Å². The van der Waals surface area contributed by atoms with E-state index in [9.17, 15) is 0 Å². The summed E-state index contributed by atoms with van der Waals surface area (Å²) in [7, 11) is 0. The minimum atomic E-state index is 0.729. The molecule has 0 aromatic rings. The lowest BCUT2D eigenvalue weighted by Gasteiger charge is -2.28. The lowest BCUT2D eigenvalue weighted by molar-refractivity contribution is 0.387. The van der Waals surface area contributed by atoms with Crippen LogP contribution in [0, 0.1) is 5.92 Å². The van der Waals surface area contributed by atoms with Crippen LogP contribution in [0.15, 0.2) is 0 Å². The average molecular weight is 257 g/mol. The molecule has 0 aromatic heterocycles. The predicted molar refractivity (Wildman–Crippen MR) is 80.9 cm³/mol. The van der Waals surface area contributed by atoms with E-state index in [2.05, 4.69) is 37.8 Å². The summed E-state index contributed by atoms with van der Waals surface area (Å²) in [5.74, 6) is 2.15. The molecule has 1 aliphatic rings. The third kappa shape index (κ3) is 6.15. The molecule has 0 spiro atoms. The van der Waals surface area contributed by atoms with Crippen LogP contribution in [0.5, 0.6) is 0 Å². The lowest BCUT2D eigenvalue weighted by atomic mass is 9.98. The molecule has 17 heavy (non-hydrogen) atoms. The van der Waals surface area contributed by atoms with Crippen LogP contribution in [-0.4, -0.2) is 23.6 Å². The maximum Gasteiger partial charge on any atom is 0.0183 e. The van der Waals surface area contributed by atoms with E-state index in [-0.39, 0.29) is 0 Å². The number of rotatable bonds is 8. The van der Waals surface area contributed by atoms with Crippen LogP contribution in [0.25, 0.3) is 0 Å². The van der Waals surface area contributed by atoms with E-state index in [1.807, 2.05) is 0 Å². The molecule has 0 amide bonds. The Morgan fingerprint density at radius 2 is 1.88 bits per heavy atom. The summed E-state index contributed by atoms with van der Waals surface area (Å²) in [5.41, 5.74) is 0. The second-order valence-electron chi connectivity index (χ2n) is 5.52. The smallest absolute Gasteiger partial charge is 0.0183 e. The van der Waals surface area contributed by atoms with Crippen LogP contribution in [0.4, 0.5) is 0 Å². The van der Waals surface area contributed by atoms with Gasteiger partial charge in [-0.1, -0.05) is 46.5 Å². The van der Waals surface area contributed by atoms with E-state index < -0.39 is 0 Å². The van der Waals surface area contributed by atoms with Crippen LogP contribution >= 0.6 is 11.8 Å². The summed E-state index contributed by atoms with van der Waals surface area (Å²) < 4.78 is 0. The minimum absolute atomic E-state index is 0.729. The second kappa shape index (κ2) is 9.27. The molecule has 1 N–H and O–H groups in total. The van der Waals surface area contributed by atoms with Crippen molar-refractivity contribution in [2.24, 2.45) is 5.92 Å². The summed E-state index contributed by atoms with van der Waals surface area (Å²) in [6.07, 6.45) is 10.0. The van der Waals surface area contributed by atoms with E-state index in [4.69, 9.17) is 0 Å². The maximum absolute atomic E-state index is 3.69. The second-order valence-corrected chi connectivity index (χ2v) is 6.86. The summed E-state index contributed by atoms with van der Waals surface area (Å²) >= 11 is 2.24. The lowest BCUT2D eigenvalue weighted by Crippen LogP contribution is -2.37. The van der Waals surface area contributed by atoms with Crippen LogP contribution < -0.4 is 5.32 Å². The monoisotopic (exact) mass is 257 g/mol. The van der Waals surface area contributed by atoms with Crippen LogP contribution in [-0.2, 0) is 0 Å². The van der Waals surface area contributed by atoms with Crippen molar-refractivity contribution in [3.05, 3.63) is 0 Å². The Kier molecular flexibility index (Phi) is 8.38. The zero-order valence-electron chi connectivity index (χ0n) is 12.0. The fourth-order valence-electron chi connectivity index (χ4n) is 2.81. The number of nitrogens with one attached hydrogen (secondary N) is 1. The molecule has 1 fully saturated rings. The molecule has 0 radical (unpaired) electrons. The van der Waals surface area contributed by atoms with Crippen LogP contribution in [0.3, 0.4) is 0 Å². The highest BCUT2D eigenvalue weighted by Gasteiger charge is 2.19. The highest BCUT2D eigenvalue weighted by Crippen LogP contribution is 2.29.